The van der Waals surface area contributed by atoms with Gasteiger partial charge in [0.1, 0.15) is 0 Å². The van der Waals surface area contributed by atoms with Crippen LogP contribution in [-0.4, -0.2) is 15.9 Å². The Labute approximate surface area is 179 Å². The number of carbonyl (C=O) groups excluding carboxylic acids is 1. The Hall–Kier alpha value is -4.25. The minimum atomic E-state index is -0.398. The lowest BCUT2D eigenvalue weighted by Crippen LogP contribution is -2.22. The second-order valence-electron chi connectivity index (χ2n) is 7.17. The molecule has 0 saturated heterocycles. The molecule has 31 heavy (non-hydrogen) atoms. The number of rotatable bonds is 5. The third kappa shape index (κ3) is 3.94. The fourth-order valence-corrected chi connectivity index (χ4v) is 3.59. The molecule has 1 amide bonds. The lowest BCUT2D eigenvalue weighted by molar-refractivity contribution is -0.116. The Kier molecular flexibility index (Phi) is 4.99. The zero-order valence-electron chi connectivity index (χ0n) is 16.6. The molecule has 5 rings (SSSR count). The molecule has 0 aliphatic rings. The van der Waals surface area contributed by atoms with Gasteiger partial charge in [0.25, 0.3) is 0 Å². The molecule has 1 N–H and O–H groups in total. The molecule has 0 fully saturated rings. The average molecular weight is 405 g/mol. The summed E-state index contributed by atoms with van der Waals surface area (Å²) < 4.78 is 5.77. The van der Waals surface area contributed by atoms with E-state index in [9.17, 15) is 4.79 Å². The highest BCUT2D eigenvalue weighted by atomic mass is 16.3. The maximum Gasteiger partial charge on any atom is 0.236 e. The largest absolute Gasteiger partial charge is 0.434 e. The number of hydrogen-bond acceptors (Lipinski definition) is 4. The van der Waals surface area contributed by atoms with Crippen LogP contribution in [0.15, 0.2) is 108 Å². The number of amides is 1. The molecule has 3 aromatic carbocycles. The second kappa shape index (κ2) is 8.24. The van der Waals surface area contributed by atoms with Gasteiger partial charge >= 0.3 is 0 Å². The highest BCUT2D eigenvalue weighted by Crippen LogP contribution is 2.28. The van der Waals surface area contributed by atoms with E-state index >= 15 is 0 Å². The van der Waals surface area contributed by atoms with E-state index in [2.05, 4.69) is 15.3 Å². The molecular formula is C26H19N3O2. The predicted octanol–water partition coefficient (Wildman–Crippen LogP) is 5.66. The lowest BCUT2D eigenvalue weighted by atomic mass is 9.90. The lowest BCUT2D eigenvalue weighted by Gasteiger charge is -2.18. The van der Waals surface area contributed by atoms with Crippen LogP contribution in [0.5, 0.6) is 0 Å². The molecule has 0 atom stereocenters. The Morgan fingerprint density at radius 1 is 0.774 bits per heavy atom. The van der Waals surface area contributed by atoms with Gasteiger partial charge in [0.15, 0.2) is 11.2 Å². The van der Waals surface area contributed by atoms with E-state index in [-0.39, 0.29) is 5.91 Å². The molecule has 0 unspecified atom stereocenters. The molecule has 0 aliphatic carbocycles. The third-order valence-electron chi connectivity index (χ3n) is 5.09. The Balaban J connectivity index is 1.39. The zero-order valence-corrected chi connectivity index (χ0v) is 16.6. The summed E-state index contributed by atoms with van der Waals surface area (Å²) in [5.41, 5.74) is 4.63. The molecule has 5 nitrogen and oxygen atoms in total. The molecule has 2 aromatic heterocycles. The van der Waals surface area contributed by atoms with Gasteiger partial charge in [-0.15, -0.1) is 0 Å². The first-order valence-corrected chi connectivity index (χ1v) is 10.0. The van der Waals surface area contributed by atoms with E-state index in [1.807, 2.05) is 97.1 Å². The van der Waals surface area contributed by atoms with Crippen molar-refractivity contribution >= 4 is 22.8 Å². The smallest absolute Gasteiger partial charge is 0.236 e. The Morgan fingerprint density at radius 3 is 2.03 bits per heavy atom. The van der Waals surface area contributed by atoms with E-state index in [0.29, 0.717) is 22.8 Å². The predicted molar refractivity (Wildman–Crippen MR) is 121 cm³/mol. The van der Waals surface area contributed by atoms with Crippen LogP contribution in [0.3, 0.4) is 0 Å². The van der Waals surface area contributed by atoms with Gasteiger partial charge in [-0.05, 0) is 47.5 Å². The molecule has 0 spiro atoms. The van der Waals surface area contributed by atoms with Crippen LogP contribution in [-0.2, 0) is 4.79 Å². The molecule has 5 aromatic rings. The summed E-state index contributed by atoms with van der Waals surface area (Å²) in [7, 11) is 0. The number of aromatic nitrogens is 2. The summed E-state index contributed by atoms with van der Waals surface area (Å²) in [4.78, 5) is 21.9. The van der Waals surface area contributed by atoms with Gasteiger partial charge < -0.3 is 9.73 Å². The van der Waals surface area contributed by atoms with E-state index in [1.165, 1.54) is 0 Å². The van der Waals surface area contributed by atoms with Crippen molar-refractivity contribution in [1.82, 2.24) is 9.97 Å². The van der Waals surface area contributed by atoms with Crippen LogP contribution in [0.25, 0.3) is 22.7 Å². The van der Waals surface area contributed by atoms with Crippen LogP contribution in [0.1, 0.15) is 17.0 Å². The molecular weight excluding hydrogens is 386 g/mol. The summed E-state index contributed by atoms with van der Waals surface area (Å²) >= 11 is 0. The summed E-state index contributed by atoms with van der Waals surface area (Å²) in [6, 6.07) is 30.7. The van der Waals surface area contributed by atoms with Gasteiger partial charge in [-0.2, -0.15) is 4.98 Å². The number of nitrogens with one attached hydrogen (secondary N) is 1. The summed E-state index contributed by atoms with van der Waals surface area (Å²) in [5, 5.41) is 3.04. The number of pyridine rings is 1. The minimum Gasteiger partial charge on any atom is -0.434 e. The van der Waals surface area contributed by atoms with E-state index in [1.54, 1.807) is 6.20 Å². The number of anilines is 1. The average Bonchev–Trinajstić information content (AvgIpc) is 3.25. The van der Waals surface area contributed by atoms with E-state index in [0.717, 1.165) is 16.7 Å². The number of benzene rings is 3. The Morgan fingerprint density at radius 2 is 1.42 bits per heavy atom. The maximum atomic E-state index is 13.2. The van der Waals surface area contributed by atoms with Gasteiger partial charge in [0.05, 0.1) is 5.92 Å². The fourth-order valence-electron chi connectivity index (χ4n) is 3.59. The van der Waals surface area contributed by atoms with Gasteiger partial charge in [-0.3, -0.25) is 4.79 Å². The van der Waals surface area contributed by atoms with Crippen molar-refractivity contribution in [3.63, 3.8) is 0 Å². The first-order valence-electron chi connectivity index (χ1n) is 10.0. The van der Waals surface area contributed by atoms with Crippen LogP contribution in [0.2, 0.25) is 0 Å². The van der Waals surface area contributed by atoms with Crippen molar-refractivity contribution in [3.8, 4) is 11.5 Å². The number of nitrogens with zero attached hydrogens (tertiary/aromatic N) is 2. The Bertz CT molecular complexity index is 1240. The number of carbonyl (C=O) groups is 1. The van der Waals surface area contributed by atoms with Crippen LogP contribution < -0.4 is 5.32 Å². The fraction of sp³-hybridized carbons (Fsp3) is 0.0385. The number of fused-ring (bicyclic) bond motifs is 1. The first kappa shape index (κ1) is 18.8. The van der Waals surface area contributed by atoms with Crippen molar-refractivity contribution in [2.75, 3.05) is 5.32 Å². The molecule has 0 saturated carbocycles. The van der Waals surface area contributed by atoms with Gasteiger partial charge in [0, 0.05) is 17.4 Å². The minimum absolute atomic E-state index is 0.0868. The molecule has 0 bridgehead atoms. The van der Waals surface area contributed by atoms with Crippen molar-refractivity contribution < 1.29 is 9.21 Å². The number of oxazole rings is 1. The van der Waals surface area contributed by atoms with Crippen molar-refractivity contribution in [2.24, 2.45) is 0 Å². The third-order valence-corrected chi connectivity index (χ3v) is 5.09. The summed E-state index contributed by atoms with van der Waals surface area (Å²) in [5.74, 6) is 0.0134. The van der Waals surface area contributed by atoms with Gasteiger partial charge in [-0.25, -0.2) is 4.98 Å². The van der Waals surface area contributed by atoms with Crippen LogP contribution >= 0.6 is 0 Å². The van der Waals surface area contributed by atoms with Crippen molar-refractivity contribution in [2.45, 2.75) is 5.92 Å². The standard InChI is InChI=1S/C26H19N3O2/c30-25(23(18-8-3-1-4-9-18)19-10-5-2-6-11-19)28-21-15-13-20(14-16-21)26-29-24-22(31-26)12-7-17-27-24/h1-17,23H,(H,28,30). The first-order chi connectivity index (χ1) is 15.3. The topological polar surface area (TPSA) is 68.0 Å². The molecule has 5 heteroatoms. The molecule has 150 valence electrons. The normalized spacial score (nSPS) is 11.0. The molecule has 0 radical (unpaired) electrons. The highest BCUT2D eigenvalue weighted by molar-refractivity contribution is 5.98. The summed E-state index contributed by atoms with van der Waals surface area (Å²) in [6.45, 7) is 0. The zero-order chi connectivity index (χ0) is 21.0. The van der Waals surface area contributed by atoms with Crippen LogP contribution in [0, 0.1) is 0 Å². The van der Waals surface area contributed by atoms with Gasteiger partial charge in [0.2, 0.25) is 11.8 Å². The van der Waals surface area contributed by atoms with Gasteiger partial charge in [-0.1, -0.05) is 60.7 Å². The highest BCUT2D eigenvalue weighted by Gasteiger charge is 2.22. The molecule has 2 heterocycles. The SMILES string of the molecule is O=C(Nc1ccc(-c2nc3ncccc3o2)cc1)C(c1ccccc1)c1ccccc1. The van der Waals surface area contributed by atoms with Crippen molar-refractivity contribution in [1.29, 1.82) is 0 Å². The quantitative estimate of drug-likeness (QED) is 0.410. The number of hydrogen-bond donors (Lipinski definition) is 1. The summed E-state index contributed by atoms with van der Waals surface area (Å²) in [6.07, 6.45) is 1.68. The second-order valence-corrected chi connectivity index (χ2v) is 7.17. The van der Waals surface area contributed by atoms with Crippen LogP contribution in [0.4, 0.5) is 5.69 Å². The van der Waals surface area contributed by atoms with E-state index in [4.69, 9.17) is 4.42 Å². The monoisotopic (exact) mass is 405 g/mol. The van der Waals surface area contributed by atoms with E-state index < -0.39 is 5.92 Å². The van der Waals surface area contributed by atoms with Crippen molar-refractivity contribution in [3.05, 3.63) is 114 Å². The molecule has 0 aliphatic heterocycles. The maximum absolute atomic E-state index is 13.2.